The standard InChI is InChI=1S/C14H20BrNO3/c1-14(2,3)19-13(18)16(4)12(9-17)10-7-5-6-8-11(10)15/h5-8,12,17H,9H2,1-4H3. The number of amides is 1. The van der Waals surface area contributed by atoms with Gasteiger partial charge in [0.25, 0.3) is 0 Å². The number of carbonyl (C=O) groups excluding carboxylic acids is 1. The van der Waals surface area contributed by atoms with Gasteiger partial charge in [0.1, 0.15) is 5.60 Å². The van der Waals surface area contributed by atoms with Crippen LogP contribution in [0.25, 0.3) is 0 Å². The highest BCUT2D eigenvalue weighted by Crippen LogP contribution is 2.27. The van der Waals surface area contributed by atoms with E-state index < -0.39 is 17.7 Å². The predicted molar refractivity (Wildman–Crippen MR) is 78.0 cm³/mol. The molecule has 1 amide bonds. The Kier molecular flexibility index (Phi) is 5.38. The van der Waals surface area contributed by atoms with Crippen LogP contribution < -0.4 is 0 Å². The molecule has 1 rings (SSSR count). The highest BCUT2D eigenvalue weighted by Gasteiger charge is 2.26. The lowest BCUT2D eigenvalue weighted by Crippen LogP contribution is -2.38. The normalized spacial score (nSPS) is 12.9. The molecule has 0 aromatic heterocycles. The third kappa shape index (κ3) is 4.51. The summed E-state index contributed by atoms with van der Waals surface area (Å²) in [6.45, 7) is 5.26. The summed E-state index contributed by atoms with van der Waals surface area (Å²) < 4.78 is 6.16. The minimum Gasteiger partial charge on any atom is -0.444 e. The molecule has 5 heteroatoms. The molecule has 0 heterocycles. The first kappa shape index (κ1) is 16.0. The van der Waals surface area contributed by atoms with Crippen molar-refractivity contribution in [3.05, 3.63) is 34.3 Å². The van der Waals surface area contributed by atoms with Crippen molar-refractivity contribution in [1.82, 2.24) is 4.90 Å². The molecule has 0 aliphatic heterocycles. The first-order valence-electron chi connectivity index (χ1n) is 6.07. The molecule has 0 aliphatic rings. The van der Waals surface area contributed by atoms with E-state index in [4.69, 9.17) is 4.74 Å². The molecule has 1 atom stereocenters. The van der Waals surface area contributed by atoms with Crippen LogP contribution in [0.3, 0.4) is 0 Å². The molecule has 0 aliphatic carbocycles. The SMILES string of the molecule is CN(C(=O)OC(C)(C)C)C(CO)c1ccccc1Br. The lowest BCUT2D eigenvalue weighted by atomic mass is 10.1. The number of aliphatic hydroxyl groups excluding tert-OH is 1. The number of carbonyl (C=O) groups is 1. The number of benzene rings is 1. The zero-order chi connectivity index (χ0) is 14.6. The summed E-state index contributed by atoms with van der Waals surface area (Å²) in [5.41, 5.74) is 0.289. The number of halogens is 1. The first-order valence-corrected chi connectivity index (χ1v) is 6.86. The molecule has 1 N–H and O–H groups in total. The van der Waals surface area contributed by atoms with E-state index in [0.29, 0.717) is 0 Å². The van der Waals surface area contributed by atoms with Gasteiger partial charge < -0.3 is 14.7 Å². The second-order valence-corrected chi connectivity index (χ2v) is 6.17. The Morgan fingerprint density at radius 1 is 1.42 bits per heavy atom. The minimum absolute atomic E-state index is 0.168. The van der Waals surface area contributed by atoms with Crippen LogP contribution in [0.15, 0.2) is 28.7 Å². The number of likely N-dealkylation sites (N-methyl/N-ethyl adjacent to an activating group) is 1. The fourth-order valence-corrected chi connectivity index (χ4v) is 2.18. The molecule has 1 aromatic rings. The van der Waals surface area contributed by atoms with Crippen LogP contribution in [0.1, 0.15) is 32.4 Å². The topological polar surface area (TPSA) is 49.8 Å². The van der Waals surface area contributed by atoms with Crippen LogP contribution in [0.5, 0.6) is 0 Å². The zero-order valence-corrected chi connectivity index (χ0v) is 13.3. The lowest BCUT2D eigenvalue weighted by Gasteiger charge is -2.30. The molecule has 0 saturated heterocycles. The molecule has 1 unspecified atom stereocenters. The van der Waals surface area contributed by atoms with Gasteiger partial charge in [-0.15, -0.1) is 0 Å². The van der Waals surface area contributed by atoms with Crippen molar-refractivity contribution < 1.29 is 14.6 Å². The van der Waals surface area contributed by atoms with Gasteiger partial charge in [0.15, 0.2) is 0 Å². The van der Waals surface area contributed by atoms with Gasteiger partial charge in [-0.1, -0.05) is 34.1 Å². The number of hydrogen-bond acceptors (Lipinski definition) is 3. The van der Waals surface area contributed by atoms with Crippen LogP contribution in [-0.4, -0.2) is 35.4 Å². The molecule has 0 spiro atoms. The minimum atomic E-state index is -0.556. The van der Waals surface area contributed by atoms with E-state index in [-0.39, 0.29) is 6.61 Å². The summed E-state index contributed by atoms with van der Waals surface area (Å²) in [6, 6.07) is 7.05. The summed E-state index contributed by atoms with van der Waals surface area (Å²) in [5, 5.41) is 9.55. The van der Waals surface area contributed by atoms with E-state index in [1.54, 1.807) is 7.05 Å². The van der Waals surface area contributed by atoms with Gasteiger partial charge in [0.2, 0.25) is 0 Å². The molecular weight excluding hydrogens is 310 g/mol. The van der Waals surface area contributed by atoms with E-state index in [0.717, 1.165) is 10.0 Å². The highest BCUT2D eigenvalue weighted by atomic mass is 79.9. The molecule has 0 bridgehead atoms. The van der Waals surface area contributed by atoms with Crippen molar-refractivity contribution in [3.8, 4) is 0 Å². The smallest absolute Gasteiger partial charge is 0.410 e. The molecule has 1 aromatic carbocycles. The van der Waals surface area contributed by atoms with Gasteiger partial charge in [-0.3, -0.25) is 0 Å². The van der Waals surface area contributed by atoms with Gasteiger partial charge in [0, 0.05) is 11.5 Å². The molecule has 19 heavy (non-hydrogen) atoms. The van der Waals surface area contributed by atoms with E-state index in [1.165, 1.54) is 4.90 Å². The average molecular weight is 330 g/mol. The molecule has 0 fully saturated rings. The fourth-order valence-electron chi connectivity index (χ4n) is 1.64. The van der Waals surface area contributed by atoms with Crippen LogP contribution in [-0.2, 0) is 4.74 Å². The fraction of sp³-hybridized carbons (Fsp3) is 0.500. The summed E-state index contributed by atoms with van der Waals surface area (Å²) in [6.07, 6.45) is -0.456. The third-order valence-electron chi connectivity index (χ3n) is 2.59. The van der Waals surface area contributed by atoms with E-state index in [2.05, 4.69) is 15.9 Å². The number of aliphatic hydroxyl groups is 1. The molecule has 106 valence electrons. The van der Waals surface area contributed by atoms with Crippen molar-refractivity contribution in [2.24, 2.45) is 0 Å². The molecule has 0 radical (unpaired) electrons. The van der Waals surface area contributed by atoms with Gasteiger partial charge in [-0.25, -0.2) is 4.79 Å². The number of nitrogens with zero attached hydrogens (tertiary/aromatic N) is 1. The van der Waals surface area contributed by atoms with E-state index >= 15 is 0 Å². The Labute approximate surface area is 122 Å². The van der Waals surface area contributed by atoms with Crippen molar-refractivity contribution in [3.63, 3.8) is 0 Å². The van der Waals surface area contributed by atoms with Gasteiger partial charge >= 0.3 is 6.09 Å². The second-order valence-electron chi connectivity index (χ2n) is 5.31. The summed E-state index contributed by atoms with van der Waals surface area (Å²) in [5.74, 6) is 0. The van der Waals surface area contributed by atoms with Gasteiger partial charge in [-0.2, -0.15) is 0 Å². The Bertz CT molecular complexity index is 443. The molecule has 4 nitrogen and oxygen atoms in total. The zero-order valence-electron chi connectivity index (χ0n) is 11.7. The van der Waals surface area contributed by atoms with E-state index in [9.17, 15) is 9.90 Å². The van der Waals surface area contributed by atoms with Gasteiger partial charge in [-0.05, 0) is 32.4 Å². The Morgan fingerprint density at radius 2 is 2.00 bits per heavy atom. The first-order chi connectivity index (χ1) is 8.76. The Balaban J connectivity index is 2.92. The lowest BCUT2D eigenvalue weighted by molar-refractivity contribution is 0.0158. The maximum Gasteiger partial charge on any atom is 0.410 e. The quantitative estimate of drug-likeness (QED) is 0.925. The maximum atomic E-state index is 12.0. The van der Waals surface area contributed by atoms with Crippen LogP contribution >= 0.6 is 15.9 Å². The summed E-state index contributed by atoms with van der Waals surface area (Å²) >= 11 is 3.43. The Morgan fingerprint density at radius 3 is 2.47 bits per heavy atom. The summed E-state index contributed by atoms with van der Waals surface area (Å²) in [4.78, 5) is 13.4. The van der Waals surface area contributed by atoms with Crippen molar-refractivity contribution >= 4 is 22.0 Å². The third-order valence-corrected chi connectivity index (χ3v) is 3.31. The molecular formula is C14H20BrNO3. The Hall–Kier alpha value is -1.07. The number of ether oxygens (including phenoxy) is 1. The maximum absolute atomic E-state index is 12.0. The van der Waals surface area contributed by atoms with Crippen LogP contribution in [0, 0.1) is 0 Å². The number of hydrogen-bond donors (Lipinski definition) is 1. The van der Waals surface area contributed by atoms with Crippen LogP contribution in [0.4, 0.5) is 4.79 Å². The van der Waals surface area contributed by atoms with Crippen molar-refractivity contribution in [2.45, 2.75) is 32.4 Å². The van der Waals surface area contributed by atoms with Crippen molar-refractivity contribution in [1.29, 1.82) is 0 Å². The van der Waals surface area contributed by atoms with Gasteiger partial charge in [0.05, 0.1) is 12.6 Å². The predicted octanol–water partition coefficient (Wildman–Crippen LogP) is 3.35. The van der Waals surface area contributed by atoms with Crippen LogP contribution in [0.2, 0.25) is 0 Å². The number of rotatable bonds is 3. The molecule has 0 saturated carbocycles. The summed E-state index contributed by atoms with van der Waals surface area (Å²) in [7, 11) is 1.62. The second kappa shape index (κ2) is 6.39. The average Bonchev–Trinajstić information content (AvgIpc) is 2.30. The monoisotopic (exact) mass is 329 g/mol. The largest absolute Gasteiger partial charge is 0.444 e. The highest BCUT2D eigenvalue weighted by molar-refractivity contribution is 9.10. The van der Waals surface area contributed by atoms with E-state index in [1.807, 2.05) is 45.0 Å². The van der Waals surface area contributed by atoms with Crippen molar-refractivity contribution in [2.75, 3.05) is 13.7 Å².